The van der Waals surface area contributed by atoms with Gasteiger partial charge in [0.2, 0.25) is 0 Å². The van der Waals surface area contributed by atoms with Crippen molar-refractivity contribution in [3.63, 3.8) is 0 Å². The molecule has 0 atom stereocenters. The Balaban J connectivity index is 2.56. The molecule has 0 fully saturated rings. The molecule has 1 aromatic rings. The highest BCUT2D eigenvalue weighted by molar-refractivity contribution is 5.02. The number of aromatic nitrogens is 2. The lowest BCUT2D eigenvalue weighted by Gasteiger charge is -2.01. The summed E-state index contributed by atoms with van der Waals surface area (Å²) >= 11 is 0. The third-order valence-electron chi connectivity index (χ3n) is 2.02. The predicted octanol–water partition coefficient (Wildman–Crippen LogP) is 2.77. The van der Waals surface area contributed by atoms with Crippen molar-refractivity contribution in [2.75, 3.05) is 0 Å². The van der Waals surface area contributed by atoms with Crippen LogP contribution in [0.2, 0.25) is 0 Å². The first-order valence-corrected chi connectivity index (χ1v) is 5.17. The van der Waals surface area contributed by atoms with E-state index in [9.17, 15) is 0 Å². The van der Waals surface area contributed by atoms with E-state index < -0.39 is 0 Å². The topological polar surface area (TPSA) is 25.8 Å². The van der Waals surface area contributed by atoms with Crippen molar-refractivity contribution in [1.82, 2.24) is 9.97 Å². The van der Waals surface area contributed by atoms with E-state index in [2.05, 4.69) is 23.8 Å². The first-order chi connectivity index (χ1) is 6.36. The summed E-state index contributed by atoms with van der Waals surface area (Å²) in [6.07, 6.45) is 7.53. The minimum absolute atomic E-state index is 1.01. The van der Waals surface area contributed by atoms with E-state index in [1.807, 2.05) is 12.3 Å². The zero-order chi connectivity index (χ0) is 9.52. The van der Waals surface area contributed by atoms with E-state index in [-0.39, 0.29) is 0 Å². The minimum Gasteiger partial charge on any atom is -0.241 e. The largest absolute Gasteiger partial charge is 0.241 e. The maximum absolute atomic E-state index is 4.49. The first-order valence-electron chi connectivity index (χ1n) is 5.17. The van der Waals surface area contributed by atoms with Gasteiger partial charge in [-0.15, -0.1) is 0 Å². The van der Waals surface area contributed by atoms with Crippen LogP contribution in [0.4, 0.5) is 0 Å². The van der Waals surface area contributed by atoms with Gasteiger partial charge in [0.15, 0.2) is 0 Å². The standard InChI is InChI=1S/C11H18N2/c1-3-5-7-11-12-9-8-10(13-11)6-4-2/h8-9H,3-7H2,1-2H3. The smallest absolute Gasteiger partial charge is 0.128 e. The lowest BCUT2D eigenvalue weighted by atomic mass is 10.2. The second kappa shape index (κ2) is 5.68. The van der Waals surface area contributed by atoms with Gasteiger partial charge >= 0.3 is 0 Å². The van der Waals surface area contributed by atoms with E-state index in [1.54, 1.807) is 0 Å². The summed E-state index contributed by atoms with van der Waals surface area (Å²) in [5.74, 6) is 1.01. The molecule has 0 aliphatic heterocycles. The molecule has 2 nitrogen and oxygen atoms in total. The number of hydrogen-bond donors (Lipinski definition) is 0. The van der Waals surface area contributed by atoms with Gasteiger partial charge in [0.05, 0.1) is 0 Å². The fourth-order valence-electron chi connectivity index (χ4n) is 1.29. The zero-order valence-corrected chi connectivity index (χ0v) is 8.58. The van der Waals surface area contributed by atoms with Crippen LogP contribution in [0, 0.1) is 0 Å². The van der Waals surface area contributed by atoms with Gasteiger partial charge in [-0.05, 0) is 18.9 Å². The predicted molar refractivity (Wildman–Crippen MR) is 54.6 cm³/mol. The molecular weight excluding hydrogens is 160 g/mol. The van der Waals surface area contributed by atoms with Crippen LogP contribution in [-0.2, 0) is 12.8 Å². The molecule has 1 heterocycles. The monoisotopic (exact) mass is 178 g/mol. The zero-order valence-electron chi connectivity index (χ0n) is 8.58. The second-order valence-corrected chi connectivity index (χ2v) is 3.32. The van der Waals surface area contributed by atoms with Crippen molar-refractivity contribution >= 4 is 0 Å². The Morgan fingerprint density at radius 2 is 2.00 bits per heavy atom. The number of nitrogens with zero attached hydrogens (tertiary/aromatic N) is 2. The Hall–Kier alpha value is -0.920. The van der Waals surface area contributed by atoms with E-state index in [0.717, 1.165) is 25.1 Å². The van der Waals surface area contributed by atoms with Crippen LogP contribution in [0.25, 0.3) is 0 Å². The van der Waals surface area contributed by atoms with Gasteiger partial charge in [0, 0.05) is 18.3 Å². The molecule has 0 amide bonds. The van der Waals surface area contributed by atoms with Crippen molar-refractivity contribution in [1.29, 1.82) is 0 Å². The molecule has 1 rings (SSSR count). The van der Waals surface area contributed by atoms with Gasteiger partial charge in [-0.3, -0.25) is 0 Å². The maximum Gasteiger partial charge on any atom is 0.128 e. The molecule has 0 radical (unpaired) electrons. The van der Waals surface area contributed by atoms with Gasteiger partial charge in [0.1, 0.15) is 5.82 Å². The van der Waals surface area contributed by atoms with Crippen molar-refractivity contribution < 1.29 is 0 Å². The highest BCUT2D eigenvalue weighted by Crippen LogP contribution is 2.02. The number of unbranched alkanes of at least 4 members (excludes halogenated alkanes) is 1. The van der Waals surface area contributed by atoms with E-state index in [0.29, 0.717) is 0 Å². The van der Waals surface area contributed by atoms with Crippen LogP contribution in [0.3, 0.4) is 0 Å². The third kappa shape index (κ3) is 3.53. The average molecular weight is 178 g/mol. The molecule has 0 N–H and O–H groups in total. The SMILES string of the molecule is CCCCc1nccc(CCC)n1. The summed E-state index contributed by atoms with van der Waals surface area (Å²) in [6.45, 7) is 4.36. The van der Waals surface area contributed by atoms with Crippen LogP contribution in [0.5, 0.6) is 0 Å². The summed E-state index contributed by atoms with van der Waals surface area (Å²) in [5, 5.41) is 0. The number of rotatable bonds is 5. The average Bonchev–Trinajstić information content (AvgIpc) is 2.16. The molecule has 72 valence electrons. The van der Waals surface area contributed by atoms with E-state index in [4.69, 9.17) is 0 Å². The van der Waals surface area contributed by atoms with Crippen LogP contribution in [-0.4, -0.2) is 9.97 Å². The van der Waals surface area contributed by atoms with Gasteiger partial charge in [-0.25, -0.2) is 9.97 Å². The Labute approximate surface area is 80.4 Å². The molecule has 0 saturated carbocycles. The number of hydrogen-bond acceptors (Lipinski definition) is 2. The highest BCUT2D eigenvalue weighted by Gasteiger charge is 1.97. The van der Waals surface area contributed by atoms with Gasteiger partial charge < -0.3 is 0 Å². The normalized spacial score (nSPS) is 10.3. The summed E-state index contributed by atoms with van der Waals surface area (Å²) in [4.78, 5) is 8.74. The lowest BCUT2D eigenvalue weighted by Crippen LogP contribution is -1.98. The van der Waals surface area contributed by atoms with E-state index >= 15 is 0 Å². The van der Waals surface area contributed by atoms with Crippen molar-refractivity contribution in [3.05, 3.63) is 23.8 Å². The summed E-state index contributed by atoms with van der Waals surface area (Å²) < 4.78 is 0. The number of aryl methyl sites for hydroxylation is 2. The fraction of sp³-hybridized carbons (Fsp3) is 0.636. The minimum atomic E-state index is 1.01. The molecule has 2 heteroatoms. The van der Waals surface area contributed by atoms with Crippen LogP contribution >= 0.6 is 0 Å². The quantitative estimate of drug-likeness (QED) is 0.693. The van der Waals surface area contributed by atoms with Crippen molar-refractivity contribution in [2.24, 2.45) is 0 Å². The first kappa shape index (κ1) is 10.2. The summed E-state index contributed by atoms with van der Waals surface area (Å²) in [5.41, 5.74) is 1.18. The van der Waals surface area contributed by atoms with Gasteiger partial charge in [0.25, 0.3) is 0 Å². The highest BCUT2D eigenvalue weighted by atomic mass is 14.9. The van der Waals surface area contributed by atoms with Gasteiger partial charge in [-0.2, -0.15) is 0 Å². The molecule has 1 aromatic heterocycles. The maximum atomic E-state index is 4.49. The van der Waals surface area contributed by atoms with Gasteiger partial charge in [-0.1, -0.05) is 26.7 Å². The fourth-order valence-corrected chi connectivity index (χ4v) is 1.29. The molecule has 0 aromatic carbocycles. The Bertz CT molecular complexity index is 246. The molecule has 0 unspecified atom stereocenters. The van der Waals surface area contributed by atoms with Crippen molar-refractivity contribution in [2.45, 2.75) is 46.0 Å². The molecular formula is C11H18N2. The Kier molecular flexibility index (Phi) is 4.44. The van der Waals surface area contributed by atoms with Crippen LogP contribution < -0.4 is 0 Å². The van der Waals surface area contributed by atoms with Crippen molar-refractivity contribution in [3.8, 4) is 0 Å². The molecule has 0 spiro atoms. The Morgan fingerprint density at radius 1 is 1.15 bits per heavy atom. The van der Waals surface area contributed by atoms with E-state index in [1.165, 1.54) is 18.5 Å². The molecule has 0 aliphatic rings. The molecule has 0 saturated heterocycles. The van der Waals surface area contributed by atoms with Crippen LogP contribution in [0.15, 0.2) is 12.3 Å². The lowest BCUT2D eigenvalue weighted by molar-refractivity contribution is 0.738. The summed E-state index contributed by atoms with van der Waals surface area (Å²) in [7, 11) is 0. The molecule has 0 aliphatic carbocycles. The van der Waals surface area contributed by atoms with Crippen LogP contribution in [0.1, 0.15) is 44.6 Å². The molecule has 0 bridgehead atoms. The molecule has 13 heavy (non-hydrogen) atoms. The second-order valence-electron chi connectivity index (χ2n) is 3.32. The third-order valence-corrected chi connectivity index (χ3v) is 2.02. The summed E-state index contributed by atoms with van der Waals surface area (Å²) in [6, 6.07) is 2.01. The Morgan fingerprint density at radius 3 is 2.69 bits per heavy atom.